The van der Waals surface area contributed by atoms with Crippen molar-refractivity contribution in [3.63, 3.8) is 0 Å². The van der Waals surface area contributed by atoms with Crippen molar-refractivity contribution in [2.45, 2.75) is 51.6 Å². The SMILES string of the molecule is Cc1ccc(-c2ccc(C3CCC(OC(=O)c4ccc(C)c(F)c4)CC3)c(F)c2F)cc1. The minimum atomic E-state index is -0.832. The first-order valence-electron chi connectivity index (χ1n) is 10.9. The molecule has 0 atom stereocenters. The summed E-state index contributed by atoms with van der Waals surface area (Å²) in [7, 11) is 0. The number of aryl methyl sites for hydroxylation is 2. The molecular formula is C27H25F3O2. The quantitative estimate of drug-likeness (QED) is 0.400. The van der Waals surface area contributed by atoms with Crippen LogP contribution in [0.2, 0.25) is 0 Å². The molecule has 4 rings (SSSR count). The van der Waals surface area contributed by atoms with Gasteiger partial charge >= 0.3 is 5.97 Å². The maximum absolute atomic E-state index is 14.9. The first-order valence-corrected chi connectivity index (χ1v) is 10.9. The average molecular weight is 438 g/mol. The summed E-state index contributed by atoms with van der Waals surface area (Å²) < 4.78 is 49.0. The first kappa shape index (κ1) is 22.1. The standard InChI is InChI=1S/C27H25F3O2/c1-16-3-6-18(7-4-16)22-13-14-23(26(30)25(22)29)19-9-11-21(12-10-19)32-27(31)20-8-5-17(2)24(28)15-20/h3-8,13-15,19,21H,9-12H2,1-2H3. The van der Waals surface area contributed by atoms with E-state index >= 15 is 0 Å². The Kier molecular flexibility index (Phi) is 6.35. The van der Waals surface area contributed by atoms with E-state index in [4.69, 9.17) is 4.74 Å². The molecule has 0 heterocycles. The molecular weight excluding hydrogens is 413 g/mol. The molecule has 3 aromatic carbocycles. The maximum Gasteiger partial charge on any atom is 0.338 e. The normalized spacial score (nSPS) is 18.4. The van der Waals surface area contributed by atoms with Crippen LogP contribution in [0.4, 0.5) is 13.2 Å². The molecule has 0 N–H and O–H groups in total. The highest BCUT2D eigenvalue weighted by atomic mass is 19.2. The predicted octanol–water partition coefficient (Wildman–Crippen LogP) is 7.27. The molecule has 32 heavy (non-hydrogen) atoms. The van der Waals surface area contributed by atoms with Gasteiger partial charge in [-0.15, -0.1) is 0 Å². The molecule has 0 spiro atoms. The summed E-state index contributed by atoms with van der Waals surface area (Å²) in [5.41, 5.74) is 2.95. The molecule has 0 amide bonds. The summed E-state index contributed by atoms with van der Waals surface area (Å²) in [4.78, 5) is 12.3. The fraction of sp³-hybridized carbons (Fsp3) is 0.296. The Morgan fingerprint density at radius 2 is 1.53 bits per heavy atom. The molecule has 1 aliphatic rings. The fourth-order valence-corrected chi connectivity index (χ4v) is 4.27. The highest BCUT2D eigenvalue weighted by molar-refractivity contribution is 5.89. The van der Waals surface area contributed by atoms with E-state index in [0.29, 0.717) is 42.4 Å². The number of carbonyl (C=O) groups excluding carboxylic acids is 1. The summed E-state index contributed by atoms with van der Waals surface area (Å²) in [6, 6.07) is 14.9. The molecule has 1 fully saturated rings. The van der Waals surface area contributed by atoms with Crippen LogP contribution in [0, 0.1) is 31.3 Å². The number of halogens is 3. The summed E-state index contributed by atoms with van der Waals surface area (Å²) in [5, 5.41) is 0. The Balaban J connectivity index is 1.41. The van der Waals surface area contributed by atoms with E-state index < -0.39 is 23.4 Å². The van der Waals surface area contributed by atoms with Gasteiger partial charge in [-0.1, -0.05) is 48.0 Å². The third-order valence-electron chi connectivity index (χ3n) is 6.27. The number of rotatable bonds is 4. The summed E-state index contributed by atoms with van der Waals surface area (Å²) in [5.74, 6) is -2.79. The maximum atomic E-state index is 14.9. The van der Waals surface area contributed by atoms with Crippen LogP contribution in [-0.2, 0) is 4.74 Å². The molecule has 0 saturated heterocycles. The lowest BCUT2D eigenvalue weighted by molar-refractivity contribution is 0.0193. The minimum Gasteiger partial charge on any atom is -0.459 e. The Morgan fingerprint density at radius 1 is 0.844 bits per heavy atom. The van der Waals surface area contributed by atoms with Crippen LogP contribution in [0.1, 0.15) is 58.6 Å². The van der Waals surface area contributed by atoms with E-state index in [9.17, 15) is 18.0 Å². The minimum absolute atomic E-state index is 0.136. The van der Waals surface area contributed by atoms with Crippen LogP contribution in [0.3, 0.4) is 0 Å². The number of esters is 1. The van der Waals surface area contributed by atoms with Gasteiger partial charge in [0.05, 0.1) is 5.56 Å². The highest BCUT2D eigenvalue weighted by Crippen LogP contribution is 2.38. The zero-order chi connectivity index (χ0) is 22.8. The van der Waals surface area contributed by atoms with Gasteiger partial charge in [-0.2, -0.15) is 0 Å². The number of carbonyl (C=O) groups is 1. The van der Waals surface area contributed by atoms with Crippen molar-refractivity contribution in [2.24, 2.45) is 0 Å². The Hall–Kier alpha value is -3.08. The van der Waals surface area contributed by atoms with Crippen LogP contribution < -0.4 is 0 Å². The average Bonchev–Trinajstić information content (AvgIpc) is 2.79. The molecule has 0 aliphatic heterocycles. The Labute approximate surface area is 186 Å². The van der Waals surface area contributed by atoms with Crippen molar-refractivity contribution in [1.82, 2.24) is 0 Å². The van der Waals surface area contributed by atoms with Gasteiger partial charge in [0.15, 0.2) is 11.6 Å². The molecule has 1 saturated carbocycles. The highest BCUT2D eigenvalue weighted by Gasteiger charge is 2.28. The molecule has 0 bridgehead atoms. The van der Waals surface area contributed by atoms with Crippen LogP contribution in [0.15, 0.2) is 54.6 Å². The summed E-state index contributed by atoms with van der Waals surface area (Å²) in [6.45, 7) is 3.57. The second-order valence-electron chi connectivity index (χ2n) is 8.54. The molecule has 0 aromatic heterocycles. The third kappa shape index (κ3) is 4.57. The lowest BCUT2D eigenvalue weighted by Crippen LogP contribution is -2.24. The number of benzene rings is 3. The van der Waals surface area contributed by atoms with E-state index in [1.807, 2.05) is 19.1 Å². The molecule has 3 aromatic rings. The van der Waals surface area contributed by atoms with Crippen molar-refractivity contribution < 1.29 is 22.7 Å². The van der Waals surface area contributed by atoms with E-state index in [2.05, 4.69) is 0 Å². The Bertz CT molecular complexity index is 1130. The van der Waals surface area contributed by atoms with Crippen molar-refractivity contribution in [3.8, 4) is 11.1 Å². The van der Waals surface area contributed by atoms with E-state index in [1.165, 1.54) is 6.07 Å². The van der Waals surface area contributed by atoms with Gasteiger partial charge < -0.3 is 4.74 Å². The molecule has 0 unspecified atom stereocenters. The molecule has 0 radical (unpaired) electrons. The number of hydrogen-bond donors (Lipinski definition) is 0. The van der Waals surface area contributed by atoms with Crippen molar-refractivity contribution in [3.05, 3.63) is 94.3 Å². The monoisotopic (exact) mass is 438 g/mol. The fourth-order valence-electron chi connectivity index (χ4n) is 4.27. The van der Waals surface area contributed by atoms with Crippen LogP contribution >= 0.6 is 0 Å². The van der Waals surface area contributed by atoms with Crippen LogP contribution in [-0.4, -0.2) is 12.1 Å². The van der Waals surface area contributed by atoms with Gasteiger partial charge in [0.1, 0.15) is 11.9 Å². The van der Waals surface area contributed by atoms with Crippen molar-refractivity contribution >= 4 is 5.97 Å². The molecule has 5 heteroatoms. The lowest BCUT2D eigenvalue weighted by Gasteiger charge is -2.29. The van der Waals surface area contributed by atoms with E-state index in [0.717, 1.165) is 5.56 Å². The number of hydrogen-bond acceptors (Lipinski definition) is 2. The van der Waals surface area contributed by atoms with Gasteiger partial charge in [0.2, 0.25) is 0 Å². The van der Waals surface area contributed by atoms with Crippen molar-refractivity contribution in [2.75, 3.05) is 0 Å². The van der Waals surface area contributed by atoms with Crippen LogP contribution in [0.25, 0.3) is 11.1 Å². The third-order valence-corrected chi connectivity index (χ3v) is 6.27. The number of ether oxygens (including phenoxy) is 1. The summed E-state index contributed by atoms with van der Waals surface area (Å²) in [6.07, 6.45) is 1.95. The van der Waals surface area contributed by atoms with E-state index in [-0.39, 0.29) is 23.1 Å². The van der Waals surface area contributed by atoms with Gasteiger partial charge in [0.25, 0.3) is 0 Å². The topological polar surface area (TPSA) is 26.3 Å². The summed E-state index contributed by atoms with van der Waals surface area (Å²) >= 11 is 0. The van der Waals surface area contributed by atoms with E-state index in [1.54, 1.807) is 43.3 Å². The molecule has 166 valence electrons. The molecule has 2 nitrogen and oxygen atoms in total. The van der Waals surface area contributed by atoms with Gasteiger partial charge in [0, 0.05) is 5.56 Å². The van der Waals surface area contributed by atoms with Crippen molar-refractivity contribution in [1.29, 1.82) is 0 Å². The molecule has 1 aliphatic carbocycles. The van der Waals surface area contributed by atoms with Gasteiger partial charge in [-0.25, -0.2) is 18.0 Å². The second kappa shape index (κ2) is 9.19. The second-order valence-corrected chi connectivity index (χ2v) is 8.54. The predicted molar refractivity (Wildman–Crippen MR) is 118 cm³/mol. The Morgan fingerprint density at radius 3 is 2.19 bits per heavy atom. The lowest BCUT2D eigenvalue weighted by atomic mass is 9.82. The smallest absolute Gasteiger partial charge is 0.338 e. The zero-order valence-corrected chi connectivity index (χ0v) is 18.1. The van der Waals surface area contributed by atoms with Crippen LogP contribution in [0.5, 0.6) is 0 Å². The first-order chi connectivity index (χ1) is 15.3. The largest absolute Gasteiger partial charge is 0.459 e. The van der Waals surface area contributed by atoms with Gasteiger partial charge in [-0.3, -0.25) is 0 Å². The van der Waals surface area contributed by atoms with Gasteiger partial charge in [-0.05, 0) is 74.3 Å². The zero-order valence-electron chi connectivity index (χ0n) is 18.1.